The highest BCUT2D eigenvalue weighted by molar-refractivity contribution is 5.95. The molecule has 0 atom stereocenters. The number of aromatic nitrogens is 3. The first-order valence-corrected chi connectivity index (χ1v) is 10.4. The van der Waals surface area contributed by atoms with Gasteiger partial charge in [0.15, 0.2) is 0 Å². The molecule has 1 fully saturated rings. The number of carbonyl (C=O) groups excluding carboxylic acids is 2. The number of amides is 2. The van der Waals surface area contributed by atoms with Crippen molar-refractivity contribution in [3.8, 4) is 0 Å². The zero-order chi connectivity index (χ0) is 19.8. The number of benzene rings is 1. The Balaban J connectivity index is 1.22. The van der Waals surface area contributed by atoms with Gasteiger partial charge in [0.05, 0.1) is 17.5 Å². The van der Waals surface area contributed by atoms with Crippen molar-refractivity contribution in [3.63, 3.8) is 0 Å². The standard InChI is InChI=1S/C22H25N5O2/c28-21(16-26-10-8-17-5-1-2-6-19(17)26)24-11-13-25(14-12-24)22(29)18-15-23-27-9-4-3-7-20(18)27/h1-2,5-6,8,10,15H,3-4,7,9,11-14,16H2. The van der Waals surface area contributed by atoms with Crippen LogP contribution in [0, 0.1) is 0 Å². The van der Waals surface area contributed by atoms with Gasteiger partial charge in [0.2, 0.25) is 5.91 Å². The fourth-order valence-corrected chi connectivity index (χ4v) is 4.45. The smallest absolute Gasteiger partial charge is 0.257 e. The third-order valence-electron chi connectivity index (χ3n) is 6.12. The minimum atomic E-state index is 0.0525. The van der Waals surface area contributed by atoms with Crippen LogP contribution in [-0.2, 0) is 24.3 Å². The molecule has 2 aromatic heterocycles. The zero-order valence-electron chi connectivity index (χ0n) is 16.5. The third kappa shape index (κ3) is 3.30. The van der Waals surface area contributed by atoms with E-state index in [1.807, 2.05) is 49.5 Å². The lowest BCUT2D eigenvalue weighted by Gasteiger charge is -2.35. The van der Waals surface area contributed by atoms with Crippen molar-refractivity contribution in [2.75, 3.05) is 26.2 Å². The molecule has 5 rings (SSSR count). The number of piperazine rings is 1. The molecule has 1 aromatic carbocycles. The Morgan fingerprint density at radius 1 is 0.931 bits per heavy atom. The van der Waals surface area contributed by atoms with Gasteiger partial charge in [-0.15, -0.1) is 0 Å². The van der Waals surface area contributed by atoms with Crippen LogP contribution in [0.2, 0.25) is 0 Å². The predicted octanol–water partition coefficient (Wildman–Crippen LogP) is 2.16. The first-order chi connectivity index (χ1) is 14.2. The van der Waals surface area contributed by atoms with E-state index in [0.29, 0.717) is 32.7 Å². The van der Waals surface area contributed by atoms with Crippen LogP contribution in [0.25, 0.3) is 10.9 Å². The Labute approximate surface area is 169 Å². The average molecular weight is 391 g/mol. The largest absolute Gasteiger partial charge is 0.338 e. The van der Waals surface area contributed by atoms with Gasteiger partial charge in [-0.05, 0) is 36.8 Å². The summed E-state index contributed by atoms with van der Waals surface area (Å²) in [6, 6.07) is 10.1. The average Bonchev–Trinajstić information content (AvgIpc) is 3.38. The first-order valence-electron chi connectivity index (χ1n) is 10.4. The summed E-state index contributed by atoms with van der Waals surface area (Å²) < 4.78 is 3.96. The molecule has 2 aliphatic rings. The molecule has 0 N–H and O–H groups in total. The fourth-order valence-electron chi connectivity index (χ4n) is 4.45. The molecule has 7 nitrogen and oxygen atoms in total. The number of fused-ring (bicyclic) bond motifs is 2. The summed E-state index contributed by atoms with van der Waals surface area (Å²) in [6.07, 6.45) is 6.84. The van der Waals surface area contributed by atoms with Crippen LogP contribution in [0.1, 0.15) is 28.9 Å². The van der Waals surface area contributed by atoms with E-state index < -0.39 is 0 Å². The van der Waals surface area contributed by atoms with E-state index in [1.54, 1.807) is 6.20 Å². The van der Waals surface area contributed by atoms with E-state index in [9.17, 15) is 9.59 Å². The number of nitrogens with zero attached hydrogens (tertiary/aromatic N) is 5. The van der Waals surface area contributed by atoms with Crippen molar-refractivity contribution in [1.29, 1.82) is 0 Å². The Kier molecular flexibility index (Phi) is 4.58. The van der Waals surface area contributed by atoms with Crippen molar-refractivity contribution in [2.24, 2.45) is 0 Å². The van der Waals surface area contributed by atoms with Gasteiger partial charge in [-0.1, -0.05) is 18.2 Å². The SMILES string of the molecule is O=C(Cn1ccc2ccccc21)N1CCN(C(=O)c2cnn3c2CCCC3)CC1. The fraction of sp³-hybridized carbons (Fsp3) is 0.409. The molecular weight excluding hydrogens is 366 g/mol. The number of rotatable bonds is 3. The highest BCUT2D eigenvalue weighted by atomic mass is 16.2. The molecule has 0 unspecified atom stereocenters. The molecule has 0 saturated carbocycles. The maximum atomic E-state index is 13.0. The minimum absolute atomic E-state index is 0.0525. The van der Waals surface area contributed by atoms with Crippen LogP contribution in [0.15, 0.2) is 42.7 Å². The lowest BCUT2D eigenvalue weighted by atomic mass is 10.1. The second-order valence-electron chi connectivity index (χ2n) is 7.86. The highest BCUT2D eigenvalue weighted by Crippen LogP contribution is 2.20. The van der Waals surface area contributed by atoms with Gasteiger partial charge in [-0.25, -0.2) is 0 Å². The molecule has 29 heavy (non-hydrogen) atoms. The van der Waals surface area contributed by atoms with Crippen LogP contribution >= 0.6 is 0 Å². The summed E-state index contributed by atoms with van der Waals surface area (Å²) in [5, 5.41) is 5.52. The molecule has 0 spiro atoms. The van der Waals surface area contributed by atoms with E-state index in [2.05, 4.69) is 11.2 Å². The Morgan fingerprint density at radius 2 is 1.72 bits per heavy atom. The summed E-state index contributed by atoms with van der Waals surface area (Å²) in [6.45, 7) is 3.53. The van der Waals surface area contributed by atoms with Crippen LogP contribution in [0.5, 0.6) is 0 Å². The van der Waals surface area contributed by atoms with Gasteiger partial charge in [-0.2, -0.15) is 5.10 Å². The van der Waals surface area contributed by atoms with E-state index in [4.69, 9.17) is 0 Å². The first kappa shape index (κ1) is 18.0. The summed E-state index contributed by atoms with van der Waals surface area (Å²) in [7, 11) is 0. The Bertz CT molecular complexity index is 1060. The number of hydrogen-bond donors (Lipinski definition) is 0. The normalized spacial score (nSPS) is 16.8. The van der Waals surface area contributed by atoms with Gasteiger partial charge >= 0.3 is 0 Å². The van der Waals surface area contributed by atoms with E-state index in [-0.39, 0.29) is 11.8 Å². The number of aryl methyl sites for hydroxylation is 1. The quantitative estimate of drug-likeness (QED) is 0.687. The summed E-state index contributed by atoms with van der Waals surface area (Å²) in [5.41, 5.74) is 2.88. The van der Waals surface area contributed by atoms with Gasteiger partial charge in [-0.3, -0.25) is 14.3 Å². The van der Waals surface area contributed by atoms with Crippen LogP contribution in [-0.4, -0.2) is 62.1 Å². The van der Waals surface area contributed by atoms with E-state index in [0.717, 1.165) is 48.0 Å². The molecule has 1 saturated heterocycles. The summed E-state index contributed by atoms with van der Waals surface area (Å²) in [5.74, 6) is 0.151. The summed E-state index contributed by atoms with van der Waals surface area (Å²) >= 11 is 0. The molecule has 150 valence electrons. The lowest BCUT2D eigenvalue weighted by molar-refractivity contribution is -0.133. The van der Waals surface area contributed by atoms with Crippen LogP contribution in [0.3, 0.4) is 0 Å². The maximum absolute atomic E-state index is 13.0. The number of carbonyl (C=O) groups is 2. The van der Waals surface area contributed by atoms with E-state index in [1.165, 1.54) is 0 Å². The van der Waals surface area contributed by atoms with E-state index >= 15 is 0 Å². The molecule has 7 heteroatoms. The van der Waals surface area contributed by atoms with Crippen LogP contribution < -0.4 is 0 Å². The van der Waals surface area contributed by atoms with Gasteiger partial charge in [0, 0.05) is 44.4 Å². The van der Waals surface area contributed by atoms with Crippen LogP contribution in [0.4, 0.5) is 0 Å². The molecule has 0 aliphatic carbocycles. The highest BCUT2D eigenvalue weighted by Gasteiger charge is 2.28. The predicted molar refractivity (Wildman–Crippen MR) is 110 cm³/mol. The Morgan fingerprint density at radius 3 is 2.59 bits per heavy atom. The molecule has 4 heterocycles. The second kappa shape index (κ2) is 7.39. The molecule has 0 radical (unpaired) electrons. The van der Waals surface area contributed by atoms with Gasteiger partial charge in [0.25, 0.3) is 5.91 Å². The third-order valence-corrected chi connectivity index (χ3v) is 6.12. The topological polar surface area (TPSA) is 63.4 Å². The van der Waals surface area contributed by atoms with Gasteiger partial charge in [0.1, 0.15) is 6.54 Å². The maximum Gasteiger partial charge on any atom is 0.257 e. The molecule has 2 amide bonds. The molecule has 2 aliphatic heterocycles. The van der Waals surface area contributed by atoms with Gasteiger partial charge < -0.3 is 14.4 Å². The van der Waals surface area contributed by atoms with Crippen molar-refractivity contribution in [1.82, 2.24) is 24.1 Å². The number of para-hydroxylation sites is 1. The lowest BCUT2D eigenvalue weighted by Crippen LogP contribution is -2.51. The van der Waals surface area contributed by atoms with Crippen molar-refractivity contribution in [2.45, 2.75) is 32.4 Å². The monoisotopic (exact) mass is 391 g/mol. The molecular formula is C22H25N5O2. The minimum Gasteiger partial charge on any atom is -0.338 e. The number of hydrogen-bond acceptors (Lipinski definition) is 3. The summed E-state index contributed by atoms with van der Waals surface area (Å²) in [4.78, 5) is 29.5. The van der Waals surface area contributed by atoms with Crippen molar-refractivity contribution >= 4 is 22.7 Å². The molecule has 3 aromatic rings. The second-order valence-corrected chi connectivity index (χ2v) is 7.86. The zero-order valence-corrected chi connectivity index (χ0v) is 16.5. The van der Waals surface area contributed by atoms with Crippen molar-refractivity contribution < 1.29 is 9.59 Å². The Hall–Kier alpha value is -3.09. The van der Waals surface area contributed by atoms with Crippen molar-refractivity contribution in [3.05, 3.63) is 54.0 Å². The molecule has 0 bridgehead atoms.